The summed E-state index contributed by atoms with van der Waals surface area (Å²) in [4.78, 5) is 2.40. The molecule has 18 heavy (non-hydrogen) atoms. The molecule has 1 heterocycles. The molecule has 0 radical (unpaired) electrons. The van der Waals surface area contributed by atoms with E-state index in [-0.39, 0.29) is 0 Å². The Balaban J connectivity index is 2.10. The third-order valence-corrected chi connectivity index (χ3v) is 6.85. The Kier molecular flexibility index (Phi) is 4.14. The van der Waals surface area contributed by atoms with E-state index in [1.54, 1.807) is 7.11 Å². The number of nitrogens with zero attached hydrogens (tertiary/aromatic N) is 1. The van der Waals surface area contributed by atoms with E-state index in [0.717, 1.165) is 36.5 Å². The minimum absolute atomic E-state index is 0.551. The molecule has 1 fully saturated rings. The fourth-order valence-electron chi connectivity index (χ4n) is 2.43. The molecule has 0 N–H and O–H groups in total. The van der Waals surface area contributed by atoms with Crippen LogP contribution in [0, 0.1) is 0 Å². The molecule has 0 aliphatic carbocycles. The van der Waals surface area contributed by atoms with Crippen LogP contribution in [0.5, 0.6) is 5.75 Å². The second-order valence-electron chi connectivity index (χ2n) is 5.16. The first-order valence-corrected chi connectivity index (χ1v) is 8.60. The average molecular weight is 267 g/mol. The Morgan fingerprint density at radius 3 is 2.17 bits per heavy atom. The van der Waals surface area contributed by atoms with Gasteiger partial charge in [-0.05, 0) is 38.1 Å². The van der Waals surface area contributed by atoms with Gasteiger partial charge >= 0.3 is 0 Å². The van der Waals surface area contributed by atoms with Gasteiger partial charge in [-0.25, -0.2) is 0 Å². The number of rotatable bonds is 3. The Bertz CT molecular complexity index is 430. The molecule has 0 aromatic heterocycles. The molecule has 0 atom stereocenters. The summed E-state index contributed by atoms with van der Waals surface area (Å²) in [5, 5.41) is 1.01. The van der Waals surface area contributed by atoms with Crippen LogP contribution in [0.1, 0.15) is 13.8 Å². The van der Waals surface area contributed by atoms with E-state index in [4.69, 9.17) is 4.74 Å². The molecule has 0 unspecified atom stereocenters. The van der Waals surface area contributed by atoms with Crippen molar-refractivity contribution < 1.29 is 9.30 Å². The van der Waals surface area contributed by atoms with Gasteiger partial charge in [0.1, 0.15) is 12.9 Å². The van der Waals surface area contributed by atoms with E-state index in [9.17, 15) is 4.57 Å². The lowest BCUT2D eigenvalue weighted by Gasteiger charge is -2.34. The maximum atomic E-state index is 12.9. The summed E-state index contributed by atoms with van der Waals surface area (Å²) in [7, 11) is -0.519. The molecule has 100 valence electrons. The van der Waals surface area contributed by atoms with Gasteiger partial charge in [0.15, 0.2) is 0 Å². The first kappa shape index (κ1) is 13.6. The van der Waals surface area contributed by atoms with Crippen LogP contribution in [-0.4, -0.2) is 43.5 Å². The van der Waals surface area contributed by atoms with Crippen molar-refractivity contribution in [2.45, 2.75) is 19.9 Å². The molecular formula is C14H22NO2P. The number of hydrogen-bond donors (Lipinski definition) is 0. The highest BCUT2D eigenvalue weighted by Gasteiger charge is 2.31. The van der Waals surface area contributed by atoms with Crippen LogP contribution in [0.25, 0.3) is 0 Å². The van der Waals surface area contributed by atoms with Gasteiger partial charge in [-0.15, -0.1) is 0 Å². The van der Waals surface area contributed by atoms with Gasteiger partial charge in [0, 0.05) is 36.8 Å². The first-order chi connectivity index (χ1) is 8.55. The fourth-order valence-corrected chi connectivity index (χ4v) is 5.02. The molecule has 0 saturated carbocycles. The summed E-state index contributed by atoms with van der Waals surface area (Å²) in [5.41, 5.74) is 0. The van der Waals surface area contributed by atoms with Crippen molar-refractivity contribution in [2.75, 3.05) is 32.5 Å². The minimum Gasteiger partial charge on any atom is -0.497 e. The summed E-state index contributed by atoms with van der Waals surface area (Å²) < 4.78 is 18.1. The molecule has 3 nitrogen and oxygen atoms in total. The molecule has 0 spiro atoms. The molecule has 0 amide bonds. The zero-order valence-electron chi connectivity index (χ0n) is 11.4. The van der Waals surface area contributed by atoms with Gasteiger partial charge in [-0.3, -0.25) is 4.90 Å². The van der Waals surface area contributed by atoms with Crippen molar-refractivity contribution in [2.24, 2.45) is 0 Å². The Morgan fingerprint density at radius 2 is 1.72 bits per heavy atom. The van der Waals surface area contributed by atoms with Gasteiger partial charge in [-0.1, -0.05) is 0 Å². The third-order valence-electron chi connectivity index (χ3n) is 3.77. The van der Waals surface area contributed by atoms with Crippen LogP contribution >= 0.6 is 7.14 Å². The molecular weight excluding hydrogens is 245 g/mol. The van der Waals surface area contributed by atoms with Crippen molar-refractivity contribution in [3.8, 4) is 5.75 Å². The maximum Gasteiger partial charge on any atom is 0.118 e. The van der Waals surface area contributed by atoms with Gasteiger partial charge in [0.2, 0.25) is 0 Å². The highest BCUT2D eigenvalue weighted by Crippen LogP contribution is 2.46. The number of methoxy groups -OCH3 is 1. The first-order valence-electron chi connectivity index (χ1n) is 6.52. The van der Waals surface area contributed by atoms with E-state index < -0.39 is 7.14 Å². The highest BCUT2D eigenvalue weighted by atomic mass is 31.2. The lowest BCUT2D eigenvalue weighted by atomic mass is 10.3. The lowest BCUT2D eigenvalue weighted by Crippen LogP contribution is -2.41. The van der Waals surface area contributed by atoms with E-state index in [1.807, 2.05) is 24.3 Å². The minimum atomic E-state index is -2.17. The zero-order valence-corrected chi connectivity index (χ0v) is 12.3. The van der Waals surface area contributed by atoms with Crippen LogP contribution in [0.2, 0.25) is 0 Å². The van der Waals surface area contributed by atoms with E-state index in [2.05, 4.69) is 18.7 Å². The van der Waals surface area contributed by atoms with Crippen molar-refractivity contribution in [3.63, 3.8) is 0 Å². The normalized spacial score (nSPS) is 20.0. The quantitative estimate of drug-likeness (QED) is 0.788. The van der Waals surface area contributed by atoms with Crippen molar-refractivity contribution >= 4 is 12.4 Å². The number of hydrogen-bond acceptors (Lipinski definition) is 3. The standard InChI is InChI=1S/C14H22NO2P/c1-12(2)15-8-10-18(16,11-9-15)14-6-4-13(17-3)5-7-14/h4-7,12H,8-11H2,1-3H3. The van der Waals surface area contributed by atoms with Crippen molar-refractivity contribution in [1.29, 1.82) is 0 Å². The van der Waals surface area contributed by atoms with Crippen LogP contribution < -0.4 is 10.0 Å². The van der Waals surface area contributed by atoms with Gasteiger partial charge in [0.25, 0.3) is 0 Å². The third kappa shape index (κ3) is 2.78. The second kappa shape index (κ2) is 5.46. The van der Waals surface area contributed by atoms with Crippen LogP contribution in [0.4, 0.5) is 0 Å². The second-order valence-corrected chi connectivity index (χ2v) is 8.35. The summed E-state index contributed by atoms with van der Waals surface area (Å²) in [6, 6.07) is 8.29. The van der Waals surface area contributed by atoms with E-state index in [1.165, 1.54) is 0 Å². The predicted octanol–water partition coefficient (Wildman–Crippen LogP) is 2.41. The molecule has 1 aliphatic heterocycles. The Morgan fingerprint density at radius 1 is 1.17 bits per heavy atom. The highest BCUT2D eigenvalue weighted by molar-refractivity contribution is 7.71. The van der Waals surface area contributed by atoms with Crippen LogP contribution in [0.3, 0.4) is 0 Å². The lowest BCUT2D eigenvalue weighted by molar-refractivity contribution is 0.240. The van der Waals surface area contributed by atoms with E-state index >= 15 is 0 Å². The SMILES string of the molecule is COc1ccc(P2(=O)CCN(C(C)C)CC2)cc1. The molecule has 1 aromatic carbocycles. The summed E-state index contributed by atoms with van der Waals surface area (Å²) in [6.45, 7) is 6.29. The predicted molar refractivity (Wildman–Crippen MR) is 76.7 cm³/mol. The topological polar surface area (TPSA) is 29.5 Å². The average Bonchev–Trinajstić information content (AvgIpc) is 2.39. The molecule has 4 heteroatoms. The zero-order chi connectivity index (χ0) is 13.2. The largest absolute Gasteiger partial charge is 0.497 e. The van der Waals surface area contributed by atoms with Gasteiger partial charge in [-0.2, -0.15) is 0 Å². The van der Waals surface area contributed by atoms with Crippen molar-refractivity contribution in [1.82, 2.24) is 4.90 Å². The number of ether oxygens (including phenoxy) is 1. The maximum absolute atomic E-state index is 12.9. The van der Waals surface area contributed by atoms with Gasteiger partial charge in [0.05, 0.1) is 7.11 Å². The fraction of sp³-hybridized carbons (Fsp3) is 0.571. The molecule has 1 saturated heterocycles. The monoisotopic (exact) mass is 267 g/mol. The van der Waals surface area contributed by atoms with Crippen LogP contribution in [-0.2, 0) is 4.57 Å². The summed E-state index contributed by atoms with van der Waals surface area (Å²) in [5.74, 6) is 0.825. The summed E-state index contributed by atoms with van der Waals surface area (Å²) >= 11 is 0. The Labute approximate surface area is 110 Å². The molecule has 1 aromatic rings. The van der Waals surface area contributed by atoms with E-state index in [0.29, 0.717) is 6.04 Å². The smallest absolute Gasteiger partial charge is 0.118 e. The number of benzene rings is 1. The van der Waals surface area contributed by atoms with Crippen molar-refractivity contribution in [3.05, 3.63) is 24.3 Å². The molecule has 2 rings (SSSR count). The summed E-state index contributed by atoms with van der Waals surface area (Å²) in [6.07, 6.45) is 1.61. The van der Waals surface area contributed by atoms with Crippen LogP contribution in [0.15, 0.2) is 24.3 Å². The van der Waals surface area contributed by atoms with Gasteiger partial charge < -0.3 is 9.30 Å². The molecule has 1 aliphatic rings. The molecule has 0 bridgehead atoms. The Hall–Kier alpha value is -0.790.